The van der Waals surface area contributed by atoms with Crippen LogP contribution in [0, 0.1) is 20.8 Å². The second-order valence-corrected chi connectivity index (χ2v) is 4.66. The van der Waals surface area contributed by atoms with Crippen molar-refractivity contribution in [1.82, 2.24) is 10.2 Å². The normalized spacial score (nSPS) is 10.8. The molecule has 0 bridgehead atoms. The molecule has 0 spiro atoms. The van der Waals surface area contributed by atoms with Gasteiger partial charge in [-0.05, 0) is 43.5 Å². The van der Waals surface area contributed by atoms with Gasteiger partial charge in [0.1, 0.15) is 5.75 Å². The SMILES string of the molecule is COc1cc(C)c(-c2[nH][nH]c(=O)c2CN)c(C)c1C. The van der Waals surface area contributed by atoms with Crippen LogP contribution in [0.2, 0.25) is 0 Å². The summed E-state index contributed by atoms with van der Waals surface area (Å²) in [6.45, 7) is 6.23. The van der Waals surface area contributed by atoms with Crippen molar-refractivity contribution in [3.63, 3.8) is 0 Å². The van der Waals surface area contributed by atoms with Gasteiger partial charge in [0.25, 0.3) is 5.56 Å². The van der Waals surface area contributed by atoms with Crippen LogP contribution < -0.4 is 16.0 Å². The highest BCUT2D eigenvalue weighted by Gasteiger charge is 2.17. The molecule has 0 atom stereocenters. The largest absolute Gasteiger partial charge is 0.496 e. The Morgan fingerprint density at radius 3 is 2.47 bits per heavy atom. The van der Waals surface area contributed by atoms with Gasteiger partial charge >= 0.3 is 0 Å². The molecule has 5 nitrogen and oxygen atoms in total. The number of ether oxygens (including phenoxy) is 1. The number of nitrogens with two attached hydrogens (primary N) is 1. The third kappa shape index (κ3) is 2.06. The smallest absolute Gasteiger partial charge is 0.269 e. The Hall–Kier alpha value is -2.01. The maximum absolute atomic E-state index is 11.7. The highest BCUT2D eigenvalue weighted by atomic mass is 16.5. The van der Waals surface area contributed by atoms with Gasteiger partial charge in [-0.2, -0.15) is 0 Å². The van der Waals surface area contributed by atoms with Crippen LogP contribution in [0.1, 0.15) is 22.3 Å². The molecule has 0 aliphatic heterocycles. The molecule has 102 valence electrons. The summed E-state index contributed by atoms with van der Waals surface area (Å²) in [5.41, 5.74) is 11.1. The fourth-order valence-electron chi connectivity index (χ4n) is 2.43. The number of methoxy groups -OCH3 is 1. The summed E-state index contributed by atoms with van der Waals surface area (Å²) in [4.78, 5) is 11.7. The molecule has 5 heteroatoms. The monoisotopic (exact) mass is 261 g/mol. The van der Waals surface area contributed by atoms with E-state index in [9.17, 15) is 4.79 Å². The zero-order valence-electron chi connectivity index (χ0n) is 11.7. The molecule has 2 rings (SSSR count). The Labute approximate surface area is 111 Å². The van der Waals surface area contributed by atoms with Gasteiger partial charge in [0.15, 0.2) is 0 Å². The average Bonchev–Trinajstić information content (AvgIpc) is 2.75. The predicted octanol–water partition coefficient (Wildman–Crippen LogP) is 1.76. The number of hydrogen-bond donors (Lipinski definition) is 3. The zero-order valence-corrected chi connectivity index (χ0v) is 11.7. The maximum atomic E-state index is 11.7. The van der Waals surface area contributed by atoms with Crippen LogP contribution in [0.3, 0.4) is 0 Å². The number of aromatic amines is 2. The van der Waals surface area contributed by atoms with E-state index in [4.69, 9.17) is 10.5 Å². The van der Waals surface area contributed by atoms with Crippen molar-refractivity contribution in [3.8, 4) is 17.0 Å². The lowest BCUT2D eigenvalue weighted by atomic mass is 9.93. The summed E-state index contributed by atoms with van der Waals surface area (Å²) in [5.74, 6) is 0.853. The molecular formula is C14H19N3O2. The number of hydrogen-bond acceptors (Lipinski definition) is 3. The van der Waals surface area contributed by atoms with E-state index >= 15 is 0 Å². The Morgan fingerprint density at radius 2 is 1.89 bits per heavy atom. The van der Waals surface area contributed by atoms with Crippen molar-refractivity contribution in [2.75, 3.05) is 7.11 Å². The number of rotatable bonds is 3. The van der Waals surface area contributed by atoms with Crippen molar-refractivity contribution in [3.05, 3.63) is 38.7 Å². The molecule has 0 radical (unpaired) electrons. The number of H-pyrrole nitrogens is 2. The first-order valence-electron chi connectivity index (χ1n) is 6.16. The van der Waals surface area contributed by atoms with Gasteiger partial charge in [0.2, 0.25) is 0 Å². The van der Waals surface area contributed by atoms with E-state index in [0.29, 0.717) is 5.56 Å². The second kappa shape index (κ2) is 4.93. The van der Waals surface area contributed by atoms with E-state index < -0.39 is 0 Å². The molecular weight excluding hydrogens is 242 g/mol. The van der Waals surface area contributed by atoms with Gasteiger partial charge < -0.3 is 10.5 Å². The van der Waals surface area contributed by atoms with Gasteiger partial charge in [-0.1, -0.05) is 0 Å². The van der Waals surface area contributed by atoms with Crippen molar-refractivity contribution < 1.29 is 4.74 Å². The molecule has 2 aromatic rings. The topological polar surface area (TPSA) is 83.9 Å². The summed E-state index contributed by atoms with van der Waals surface area (Å²) in [6, 6.07) is 1.98. The molecule has 1 heterocycles. The second-order valence-electron chi connectivity index (χ2n) is 4.66. The minimum Gasteiger partial charge on any atom is -0.496 e. The third-order valence-electron chi connectivity index (χ3n) is 3.60. The van der Waals surface area contributed by atoms with Crippen LogP contribution in [-0.2, 0) is 6.54 Å². The number of aryl methyl sites for hydroxylation is 1. The molecule has 4 N–H and O–H groups in total. The predicted molar refractivity (Wildman–Crippen MR) is 75.5 cm³/mol. The average molecular weight is 261 g/mol. The van der Waals surface area contributed by atoms with Crippen LogP contribution in [0.25, 0.3) is 11.3 Å². The molecule has 0 fully saturated rings. The van der Waals surface area contributed by atoms with Crippen molar-refractivity contribution in [2.24, 2.45) is 5.73 Å². The molecule has 19 heavy (non-hydrogen) atoms. The summed E-state index contributed by atoms with van der Waals surface area (Å²) in [6.07, 6.45) is 0. The Kier molecular flexibility index (Phi) is 3.48. The quantitative estimate of drug-likeness (QED) is 0.787. The van der Waals surface area contributed by atoms with E-state index in [1.165, 1.54) is 0 Å². The first kappa shape index (κ1) is 13.4. The third-order valence-corrected chi connectivity index (χ3v) is 3.60. The lowest BCUT2D eigenvalue weighted by molar-refractivity contribution is 0.411. The minimum atomic E-state index is -0.162. The number of benzene rings is 1. The van der Waals surface area contributed by atoms with Gasteiger partial charge in [-0.15, -0.1) is 0 Å². The Bertz CT molecular complexity index is 668. The van der Waals surface area contributed by atoms with Crippen molar-refractivity contribution >= 4 is 0 Å². The van der Waals surface area contributed by atoms with Crippen LogP contribution in [0.15, 0.2) is 10.9 Å². The molecule has 0 saturated heterocycles. The fourth-order valence-corrected chi connectivity index (χ4v) is 2.43. The molecule has 1 aromatic heterocycles. The van der Waals surface area contributed by atoms with E-state index in [-0.39, 0.29) is 12.1 Å². The lowest BCUT2D eigenvalue weighted by Crippen LogP contribution is -2.11. The molecule has 0 unspecified atom stereocenters. The maximum Gasteiger partial charge on any atom is 0.269 e. The fraction of sp³-hybridized carbons (Fsp3) is 0.357. The van der Waals surface area contributed by atoms with Crippen LogP contribution >= 0.6 is 0 Å². The summed E-state index contributed by atoms with van der Waals surface area (Å²) >= 11 is 0. The summed E-state index contributed by atoms with van der Waals surface area (Å²) < 4.78 is 5.35. The molecule has 1 aromatic carbocycles. The van der Waals surface area contributed by atoms with E-state index in [1.807, 2.05) is 26.8 Å². The first-order chi connectivity index (χ1) is 9.01. The summed E-state index contributed by atoms with van der Waals surface area (Å²) in [7, 11) is 1.66. The standard InChI is InChI=1S/C14H19N3O2/c1-7-5-11(19-4)8(2)9(3)12(7)13-10(6-15)14(18)17-16-13/h5H,6,15H2,1-4H3,(H2,16,17,18). The molecule has 0 aliphatic carbocycles. The minimum absolute atomic E-state index is 0.162. The summed E-state index contributed by atoms with van der Waals surface area (Å²) in [5, 5.41) is 5.53. The molecule has 0 saturated carbocycles. The first-order valence-corrected chi connectivity index (χ1v) is 6.16. The van der Waals surface area contributed by atoms with Crippen LogP contribution in [0.4, 0.5) is 0 Å². The lowest BCUT2D eigenvalue weighted by Gasteiger charge is -2.15. The van der Waals surface area contributed by atoms with Crippen molar-refractivity contribution in [2.45, 2.75) is 27.3 Å². The highest BCUT2D eigenvalue weighted by molar-refractivity contribution is 5.73. The Morgan fingerprint density at radius 1 is 1.21 bits per heavy atom. The van der Waals surface area contributed by atoms with E-state index in [1.54, 1.807) is 7.11 Å². The van der Waals surface area contributed by atoms with Gasteiger partial charge in [0.05, 0.1) is 18.4 Å². The Balaban J connectivity index is 2.76. The highest BCUT2D eigenvalue weighted by Crippen LogP contribution is 2.34. The number of nitrogens with one attached hydrogen (secondary N) is 2. The van der Waals surface area contributed by atoms with E-state index in [0.717, 1.165) is 33.7 Å². The van der Waals surface area contributed by atoms with Gasteiger partial charge in [-0.3, -0.25) is 15.0 Å². The zero-order chi connectivity index (χ0) is 14.2. The van der Waals surface area contributed by atoms with Crippen LogP contribution in [-0.4, -0.2) is 17.3 Å². The molecule has 0 amide bonds. The van der Waals surface area contributed by atoms with Crippen LogP contribution in [0.5, 0.6) is 5.75 Å². The van der Waals surface area contributed by atoms with E-state index in [2.05, 4.69) is 10.2 Å². The van der Waals surface area contributed by atoms with Crippen molar-refractivity contribution in [1.29, 1.82) is 0 Å². The number of aromatic nitrogens is 2. The van der Waals surface area contributed by atoms with Gasteiger partial charge in [-0.25, -0.2) is 0 Å². The molecule has 0 aliphatic rings. The van der Waals surface area contributed by atoms with Gasteiger partial charge in [0, 0.05) is 12.1 Å².